The van der Waals surface area contributed by atoms with Gasteiger partial charge in [0.05, 0.1) is 6.20 Å². The number of benzene rings is 1. The Morgan fingerprint density at radius 2 is 2.37 bits per heavy atom. The summed E-state index contributed by atoms with van der Waals surface area (Å²) < 4.78 is 0. The molecule has 2 heterocycles. The van der Waals surface area contributed by atoms with E-state index >= 15 is 0 Å². The number of hydrogen-bond donors (Lipinski definition) is 1. The van der Waals surface area contributed by atoms with Gasteiger partial charge in [-0.25, -0.2) is 0 Å². The van der Waals surface area contributed by atoms with Gasteiger partial charge in [-0.15, -0.1) is 0 Å². The molecule has 1 amide bonds. The number of aromatic amines is 1. The van der Waals surface area contributed by atoms with Crippen LogP contribution in [0.1, 0.15) is 28.4 Å². The lowest BCUT2D eigenvalue weighted by atomic mass is 9.99. The first-order valence-corrected chi connectivity index (χ1v) is 6.52. The van der Waals surface area contributed by atoms with Crippen LogP contribution >= 0.6 is 11.6 Å². The summed E-state index contributed by atoms with van der Waals surface area (Å²) in [5.74, 6) is 0.271. The average molecular weight is 277 g/mol. The molecule has 0 bridgehead atoms. The Labute approximate surface area is 115 Å². The van der Waals surface area contributed by atoms with Gasteiger partial charge in [0.1, 0.15) is 0 Å². The molecule has 0 spiro atoms. The smallest absolute Gasteiger partial charge is 0.276 e. The summed E-state index contributed by atoms with van der Waals surface area (Å²) in [7, 11) is 0. The zero-order chi connectivity index (χ0) is 13.2. The molecule has 0 unspecified atom stereocenters. The molecule has 1 fully saturated rings. The first-order chi connectivity index (χ1) is 9.24. The summed E-state index contributed by atoms with van der Waals surface area (Å²) in [6.45, 7) is 1.44. The molecule has 19 heavy (non-hydrogen) atoms. The van der Waals surface area contributed by atoms with Gasteiger partial charge >= 0.3 is 0 Å². The minimum atomic E-state index is -0.0710. The largest absolute Gasteiger partial charge is 0.337 e. The highest BCUT2D eigenvalue weighted by atomic mass is 35.5. The van der Waals surface area contributed by atoms with Crippen molar-refractivity contribution in [2.75, 3.05) is 13.1 Å². The second-order valence-electron chi connectivity index (χ2n) is 4.65. The predicted molar refractivity (Wildman–Crippen MR) is 71.1 cm³/mol. The third kappa shape index (κ3) is 2.46. The van der Waals surface area contributed by atoms with Crippen molar-refractivity contribution in [2.45, 2.75) is 12.3 Å². The van der Waals surface area contributed by atoms with Crippen molar-refractivity contribution in [3.63, 3.8) is 0 Å². The highest BCUT2D eigenvalue weighted by Gasteiger charge is 2.29. The van der Waals surface area contributed by atoms with Crippen molar-refractivity contribution < 1.29 is 4.79 Å². The van der Waals surface area contributed by atoms with Gasteiger partial charge in [0.25, 0.3) is 5.91 Å². The molecule has 3 rings (SSSR count). The average Bonchev–Trinajstić information content (AvgIpc) is 3.10. The number of halogens is 1. The van der Waals surface area contributed by atoms with Crippen LogP contribution in [0.3, 0.4) is 0 Å². The Hall–Kier alpha value is -1.88. The first kappa shape index (κ1) is 12.2. The maximum Gasteiger partial charge on any atom is 0.276 e. The zero-order valence-electron chi connectivity index (χ0n) is 10.2. The molecular weight excluding hydrogens is 264 g/mol. The number of hydrogen-bond acceptors (Lipinski definition) is 3. The number of carbonyl (C=O) groups is 1. The van der Waals surface area contributed by atoms with E-state index in [1.165, 1.54) is 11.8 Å². The van der Waals surface area contributed by atoms with Crippen LogP contribution in [0.4, 0.5) is 0 Å². The van der Waals surface area contributed by atoms with Crippen molar-refractivity contribution >= 4 is 17.5 Å². The van der Waals surface area contributed by atoms with E-state index in [1.807, 2.05) is 23.1 Å². The van der Waals surface area contributed by atoms with Crippen molar-refractivity contribution in [1.29, 1.82) is 0 Å². The quantitative estimate of drug-likeness (QED) is 0.913. The van der Waals surface area contributed by atoms with Gasteiger partial charge < -0.3 is 4.90 Å². The van der Waals surface area contributed by atoms with Gasteiger partial charge in [0.2, 0.25) is 0 Å². The lowest BCUT2D eigenvalue weighted by Gasteiger charge is -2.15. The van der Waals surface area contributed by atoms with Gasteiger partial charge in [0.15, 0.2) is 5.69 Å². The number of amides is 1. The molecule has 0 saturated carbocycles. The molecule has 1 aliphatic rings. The number of likely N-dealkylation sites (tertiary alicyclic amines) is 1. The van der Waals surface area contributed by atoms with Gasteiger partial charge in [-0.05, 0) is 24.1 Å². The highest BCUT2D eigenvalue weighted by Crippen LogP contribution is 2.29. The molecule has 1 N–H and O–H groups in total. The van der Waals surface area contributed by atoms with Crippen LogP contribution in [0.5, 0.6) is 0 Å². The Morgan fingerprint density at radius 3 is 3.11 bits per heavy atom. The molecule has 5 nitrogen and oxygen atoms in total. The Kier molecular flexibility index (Phi) is 3.21. The SMILES string of the molecule is O=C(c1cn[nH]n1)N1CC[C@@H](c2cccc(Cl)c2)C1. The zero-order valence-corrected chi connectivity index (χ0v) is 11.0. The van der Waals surface area contributed by atoms with Crippen LogP contribution < -0.4 is 0 Å². The maximum absolute atomic E-state index is 12.1. The summed E-state index contributed by atoms with van der Waals surface area (Å²) in [5, 5.41) is 10.7. The minimum Gasteiger partial charge on any atom is -0.337 e. The normalized spacial score (nSPS) is 18.8. The molecule has 1 saturated heterocycles. The number of rotatable bonds is 2. The van der Waals surface area contributed by atoms with E-state index in [0.717, 1.165) is 18.0 Å². The Morgan fingerprint density at radius 1 is 1.47 bits per heavy atom. The number of aromatic nitrogens is 3. The van der Waals surface area contributed by atoms with Crippen molar-refractivity contribution in [3.05, 3.63) is 46.7 Å². The van der Waals surface area contributed by atoms with Crippen LogP contribution in [0, 0.1) is 0 Å². The van der Waals surface area contributed by atoms with Crippen LogP contribution in [-0.4, -0.2) is 39.3 Å². The Bertz CT molecular complexity index is 584. The van der Waals surface area contributed by atoms with Crippen molar-refractivity contribution in [1.82, 2.24) is 20.3 Å². The lowest BCUT2D eigenvalue weighted by molar-refractivity contribution is 0.0785. The highest BCUT2D eigenvalue weighted by molar-refractivity contribution is 6.30. The van der Waals surface area contributed by atoms with Gasteiger partial charge in [0, 0.05) is 24.0 Å². The van der Waals surface area contributed by atoms with E-state index in [-0.39, 0.29) is 5.91 Å². The summed E-state index contributed by atoms with van der Waals surface area (Å²) in [6, 6.07) is 7.83. The minimum absolute atomic E-state index is 0.0710. The van der Waals surface area contributed by atoms with Crippen LogP contribution in [0.2, 0.25) is 5.02 Å². The summed E-state index contributed by atoms with van der Waals surface area (Å²) >= 11 is 6.00. The second kappa shape index (κ2) is 5.01. The number of nitrogens with one attached hydrogen (secondary N) is 1. The molecule has 98 valence electrons. The van der Waals surface area contributed by atoms with E-state index in [4.69, 9.17) is 11.6 Å². The molecule has 1 aliphatic heterocycles. The molecule has 2 aromatic rings. The van der Waals surface area contributed by atoms with Crippen LogP contribution in [-0.2, 0) is 0 Å². The van der Waals surface area contributed by atoms with E-state index in [1.54, 1.807) is 0 Å². The number of H-pyrrole nitrogens is 1. The van der Waals surface area contributed by atoms with Gasteiger partial charge in [-0.1, -0.05) is 23.7 Å². The predicted octanol–water partition coefficient (Wildman–Crippen LogP) is 2.09. The Balaban J connectivity index is 1.72. The summed E-state index contributed by atoms with van der Waals surface area (Å²) in [5.41, 5.74) is 1.55. The van der Waals surface area contributed by atoms with E-state index in [0.29, 0.717) is 18.2 Å². The fourth-order valence-electron chi connectivity index (χ4n) is 2.44. The van der Waals surface area contributed by atoms with Crippen molar-refractivity contribution in [3.8, 4) is 0 Å². The number of carbonyl (C=O) groups excluding carboxylic acids is 1. The molecule has 0 radical (unpaired) electrons. The summed E-state index contributed by atoms with van der Waals surface area (Å²) in [6.07, 6.45) is 2.40. The third-order valence-electron chi connectivity index (χ3n) is 3.43. The molecule has 1 aromatic heterocycles. The fourth-order valence-corrected chi connectivity index (χ4v) is 2.64. The standard InChI is InChI=1S/C13H13ClN4O/c14-11-3-1-2-9(6-11)10-4-5-18(8-10)13(19)12-7-15-17-16-12/h1-3,6-7,10H,4-5,8H2,(H,15,16,17)/t10-/m1/s1. The topological polar surface area (TPSA) is 61.9 Å². The molecule has 1 atom stereocenters. The molecule has 0 aliphatic carbocycles. The van der Waals surface area contributed by atoms with Crippen LogP contribution in [0.25, 0.3) is 0 Å². The van der Waals surface area contributed by atoms with Crippen molar-refractivity contribution in [2.24, 2.45) is 0 Å². The van der Waals surface area contributed by atoms with E-state index in [9.17, 15) is 4.79 Å². The van der Waals surface area contributed by atoms with Gasteiger partial charge in [-0.3, -0.25) is 4.79 Å². The monoisotopic (exact) mass is 276 g/mol. The van der Waals surface area contributed by atoms with E-state index in [2.05, 4.69) is 21.5 Å². The molecule has 1 aromatic carbocycles. The summed E-state index contributed by atoms with van der Waals surface area (Å²) in [4.78, 5) is 13.9. The fraction of sp³-hybridized carbons (Fsp3) is 0.308. The maximum atomic E-state index is 12.1. The van der Waals surface area contributed by atoms with Crippen LogP contribution in [0.15, 0.2) is 30.5 Å². The lowest BCUT2D eigenvalue weighted by Crippen LogP contribution is -2.28. The molecular formula is C13H13ClN4O. The van der Waals surface area contributed by atoms with E-state index < -0.39 is 0 Å². The molecule has 6 heteroatoms. The number of nitrogens with zero attached hydrogens (tertiary/aromatic N) is 3. The third-order valence-corrected chi connectivity index (χ3v) is 3.66. The first-order valence-electron chi connectivity index (χ1n) is 6.14. The second-order valence-corrected chi connectivity index (χ2v) is 5.08. The van der Waals surface area contributed by atoms with Gasteiger partial charge in [-0.2, -0.15) is 15.4 Å².